The van der Waals surface area contributed by atoms with Crippen LogP contribution < -0.4 is 5.32 Å². The first kappa shape index (κ1) is 7.80. The van der Waals surface area contributed by atoms with Gasteiger partial charge in [-0.25, -0.2) is 0 Å². The Bertz CT molecular complexity index is 129. The van der Waals surface area contributed by atoms with Crippen LogP contribution in [0.2, 0.25) is 0 Å². The van der Waals surface area contributed by atoms with Gasteiger partial charge in [0.05, 0.1) is 0 Å². The van der Waals surface area contributed by atoms with Crippen LogP contribution in [0.1, 0.15) is 26.7 Å². The Morgan fingerprint density at radius 1 is 1.60 bits per heavy atom. The summed E-state index contributed by atoms with van der Waals surface area (Å²) in [5.74, 6) is 0. The second-order valence-corrected chi connectivity index (χ2v) is 3.38. The van der Waals surface area contributed by atoms with Gasteiger partial charge in [-0.1, -0.05) is 26.0 Å². The predicted octanol–water partition coefficient (Wildman–Crippen LogP) is 1.95. The molecule has 0 aromatic carbocycles. The molecule has 0 aromatic rings. The van der Waals surface area contributed by atoms with Crippen molar-refractivity contribution >= 4 is 0 Å². The summed E-state index contributed by atoms with van der Waals surface area (Å²) < 4.78 is 0. The Morgan fingerprint density at radius 2 is 2.40 bits per heavy atom. The molecule has 0 aromatic heterocycles. The molecule has 1 heteroatoms. The lowest BCUT2D eigenvalue weighted by atomic mass is 9.87. The molecule has 0 bridgehead atoms. The maximum absolute atomic E-state index is 3.43. The highest BCUT2D eigenvalue weighted by Gasteiger charge is 2.18. The summed E-state index contributed by atoms with van der Waals surface area (Å²) in [5, 5.41) is 3.43. The third-order valence-corrected chi connectivity index (χ3v) is 2.34. The fraction of sp³-hybridized carbons (Fsp3) is 0.778. The van der Waals surface area contributed by atoms with E-state index in [1.807, 2.05) is 0 Å². The molecular weight excluding hydrogens is 122 g/mol. The smallest absolute Gasteiger partial charge is 0.00399 e. The second kappa shape index (κ2) is 3.20. The summed E-state index contributed by atoms with van der Waals surface area (Å²) in [4.78, 5) is 0. The van der Waals surface area contributed by atoms with Crippen LogP contribution in [0.4, 0.5) is 0 Å². The van der Waals surface area contributed by atoms with Crippen LogP contribution in [-0.4, -0.2) is 13.1 Å². The van der Waals surface area contributed by atoms with Crippen molar-refractivity contribution in [2.45, 2.75) is 26.7 Å². The van der Waals surface area contributed by atoms with Crippen LogP contribution in [0, 0.1) is 5.41 Å². The van der Waals surface area contributed by atoms with Gasteiger partial charge in [-0.15, -0.1) is 0 Å². The molecular formula is C9H17N. The van der Waals surface area contributed by atoms with Gasteiger partial charge in [0, 0.05) is 6.54 Å². The Balaban J connectivity index is 2.55. The van der Waals surface area contributed by atoms with Gasteiger partial charge in [0.2, 0.25) is 0 Å². The van der Waals surface area contributed by atoms with Crippen LogP contribution >= 0.6 is 0 Å². The van der Waals surface area contributed by atoms with Crippen molar-refractivity contribution in [3.05, 3.63) is 12.2 Å². The number of hydrogen-bond donors (Lipinski definition) is 1. The van der Waals surface area contributed by atoms with E-state index in [0.29, 0.717) is 5.41 Å². The summed E-state index contributed by atoms with van der Waals surface area (Å²) in [6.07, 6.45) is 7.07. The topological polar surface area (TPSA) is 12.0 Å². The van der Waals surface area contributed by atoms with Gasteiger partial charge in [-0.3, -0.25) is 0 Å². The van der Waals surface area contributed by atoms with E-state index in [4.69, 9.17) is 0 Å². The minimum absolute atomic E-state index is 0.413. The van der Waals surface area contributed by atoms with Gasteiger partial charge in [0.15, 0.2) is 0 Å². The van der Waals surface area contributed by atoms with Crippen molar-refractivity contribution in [2.75, 3.05) is 13.1 Å². The predicted molar refractivity (Wildman–Crippen MR) is 45.0 cm³/mol. The Labute approximate surface area is 63.5 Å². The zero-order chi connectivity index (χ0) is 7.45. The maximum atomic E-state index is 3.43. The molecule has 0 amide bonds. The third kappa shape index (κ3) is 1.84. The third-order valence-electron chi connectivity index (χ3n) is 2.34. The highest BCUT2D eigenvalue weighted by molar-refractivity contribution is 5.00. The molecule has 1 aliphatic rings. The largest absolute Gasteiger partial charge is 0.316 e. The molecule has 0 saturated carbocycles. The van der Waals surface area contributed by atoms with Crippen molar-refractivity contribution < 1.29 is 0 Å². The van der Waals surface area contributed by atoms with Crippen LogP contribution in [0.3, 0.4) is 0 Å². The monoisotopic (exact) mass is 139 g/mol. The molecule has 0 radical (unpaired) electrons. The molecule has 1 atom stereocenters. The van der Waals surface area contributed by atoms with Crippen LogP contribution in [0.15, 0.2) is 12.2 Å². The van der Waals surface area contributed by atoms with Crippen molar-refractivity contribution in [1.82, 2.24) is 5.32 Å². The Hall–Kier alpha value is -0.300. The molecule has 0 aliphatic carbocycles. The van der Waals surface area contributed by atoms with Crippen LogP contribution in [0.5, 0.6) is 0 Å². The fourth-order valence-corrected chi connectivity index (χ4v) is 1.23. The fourth-order valence-electron chi connectivity index (χ4n) is 1.23. The average Bonchev–Trinajstić information content (AvgIpc) is 2.15. The molecule has 1 N–H and O–H groups in total. The van der Waals surface area contributed by atoms with E-state index in [2.05, 4.69) is 31.3 Å². The van der Waals surface area contributed by atoms with Crippen molar-refractivity contribution in [2.24, 2.45) is 5.41 Å². The highest BCUT2D eigenvalue weighted by atomic mass is 14.9. The van der Waals surface area contributed by atoms with E-state index in [1.54, 1.807) is 0 Å². The first-order valence-corrected chi connectivity index (χ1v) is 4.15. The van der Waals surface area contributed by atoms with E-state index in [-0.39, 0.29) is 0 Å². The van der Waals surface area contributed by atoms with Gasteiger partial charge < -0.3 is 5.32 Å². The van der Waals surface area contributed by atoms with E-state index in [0.717, 1.165) is 13.1 Å². The Morgan fingerprint density at radius 3 is 3.10 bits per heavy atom. The molecule has 1 unspecified atom stereocenters. The normalized spacial score (nSPS) is 33.8. The SMILES string of the molecule is CCC1(C)C=CCCNC1. The lowest BCUT2D eigenvalue weighted by molar-refractivity contribution is 0.390. The zero-order valence-corrected chi connectivity index (χ0v) is 6.98. The van der Waals surface area contributed by atoms with Crippen molar-refractivity contribution in [3.8, 4) is 0 Å². The number of nitrogens with one attached hydrogen (secondary N) is 1. The molecule has 0 spiro atoms. The quantitative estimate of drug-likeness (QED) is 0.547. The van der Waals surface area contributed by atoms with Crippen molar-refractivity contribution in [1.29, 1.82) is 0 Å². The van der Waals surface area contributed by atoms with E-state index < -0.39 is 0 Å². The van der Waals surface area contributed by atoms with Gasteiger partial charge in [0.25, 0.3) is 0 Å². The zero-order valence-electron chi connectivity index (χ0n) is 6.98. The molecule has 1 nitrogen and oxygen atoms in total. The van der Waals surface area contributed by atoms with E-state index >= 15 is 0 Å². The van der Waals surface area contributed by atoms with Gasteiger partial charge in [-0.05, 0) is 24.8 Å². The molecule has 10 heavy (non-hydrogen) atoms. The summed E-state index contributed by atoms with van der Waals surface area (Å²) in [7, 11) is 0. The maximum Gasteiger partial charge on any atom is 0.00399 e. The second-order valence-electron chi connectivity index (χ2n) is 3.38. The lowest BCUT2D eigenvalue weighted by Crippen LogP contribution is -2.28. The first-order valence-electron chi connectivity index (χ1n) is 4.15. The molecule has 1 rings (SSSR count). The van der Waals surface area contributed by atoms with Crippen LogP contribution in [-0.2, 0) is 0 Å². The molecule has 1 heterocycles. The molecule has 58 valence electrons. The average molecular weight is 139 g/mol. The number of hydrogen-bond acceptors (Lipinski definition) is 1. The molecule has 0 fully saturated rings. The molecule has 1 aliphatic heterocycles. The summed E-state index contributed by atoms with van der Waals surface area (Å²) in [6.45, 7) is 6.84. The first-order chi connectivity index (χ1) is 4.77. The number of rotatable bonds is 1. The van der Waals surface area contributed by atoms with E-state index in [9.17, 15) is 0 Å². The van der Waals surface area contributed by atoms with Crippen LogP contribution in [0.25, 0.3) is 0 Å². The molecule has 0 saturated heterocycles. The van der Waals surface area contributed by atoms with Gasteiger partial charge in [-0.2, -0.15) is 0 Å². The highest BCUT2D eigenvalue weighted by Crippen LogP contribution is 2.23. The lowest BCUT2D eigenvalue weighted by Gasteiger charge is -2.22. The van der Waals surface area contributed by atoms with Crippen molar-refractivity contribution in [3.63, 3.8) is 0 Å². The standard InChI is InChI=1S/C9H17N/c1-3-9(2)6-4-5-7-10-8-9/h4,6,10H,3,5,7-8H2,1-2H3. The Kier molecular flexibility index (Phi) is 2.50. The minimum atomic E-state index is 0.413. The summed E-state index contributed by atoms with van der Waals surface area (Å²) >= 11 is 0. The minimum Gasteiger partial charge on any atom is -0.316 e. The summed E-state index contributed by atoms with van der Waals surface area (Å²) in [5.41, 5.74) is 0.413. The summed E-state index contributed by atoms with van der Waals surface area (Å²) in [6, 6.07) is 0. The van der Waals surface area contributed by atoms with Gasteiger partial charge >= 0.3 is 0 Å². The van der Waals surface area contributed by atoms with E-state index in [1.165, 1.54) is 12.8 Å². The van der Waals surface area contributed by atoms with Gasteiger partial charge in [0.1, 0.15) is 0 Å².